The molecule has 0 amide bonds. The minimum atomic E-state index is -0.402. The molecule has 1 aliphatic heterocycles. The number of rotatable bonds is 3. The number of ether oxygens (including phenoxy) is 1. The van der Waals surface area contributed by atoms with Crippen LogP contribution in [0.2, 0.25) is 0 Å². The zero-order chi connectivity index (χ0) is 14.1. The Balaban J connectivity index is 1.92. The Morgan fingerprint density at radius 1 is 1.45 bits per heavy atom. The largest absolute Gasteiger partial charge is 0.491 e. The molecule has 0 bridgehead atoms. The van der Waals surface area contributed by atoms with Crippen LogP contribution in [0.15, 0.2) is 23.6 Å². The van der Waals surface area contributed by atoms with E-state index in [9.17, 15) is 4.39 Å². The van der Waals surface area contributed by atoms with Crippen molar-refractivity contribution in [3.05, 3.63) is 39.8 Å². The minimum absolute atomic E-state index is 0.271. The Kier molecular flexibility index (Phi) is 3.53. The first-order chi connectivity index (χ1) is 9.69. The van der Waals surface area contributed by atoms with E-state index in [0.717, 1.165) is 25.2 Å². The summed E-state index contributed by atoms with van der Waals surface area (Å²) in [6.45, 7) is 4.00. The van der Waals surface area contributed by atoms with Crippen molar-refractivity contribution in [3.63, 3.8) is 0 Å². The molecule has 2 aromatic rings. The van der Waals surface area contributed by atoms with Crippen LogP contribution in [0.5, 0.6) is 5.75 Å². The van der Waals surface area contributed by atoms with Crippen LogP contribution in [-0.2, 0) is 13.0 Å². The molecule has 5 heteroatoms. The zero-order valence-corrected chi connectivity index (χ0v) is 12.2. The van der Waals surface area contributed by atoms with Crippen LogP contribution >= 0.6 is 11.3 Å². The quantitative estimate of drug-likeness (QED) is 0.881. The summed E-state index contributed by atoms with van der Waals surface area (Å²) in [7, 11) is 0. The van der Waals surface area contributed by atoms with E-state index in [-0.39, 0.29) is 5.75 Å². The van der Waals surface area contributed by atoms with Crippen molar-refractivity contribution in [2.24, 2.45) is 0 Å². The van der Waals surface area contributed by atoms with Gasteiger partial charge in [0, 0.05) is 30.1 Å². The van der Waals surface area contributed by atoms with E-state index in [0.29, 0.717) is 12.3 Å². The number of hydrogen-bond acceptors (Lipinski definition) is 4. The summed E-state index contributed by atoms with van der Waals surface area (Å²) in [6, 6.07) is 5.21. The Bertz CT molecular complexity index is 626. The highest BCUT2D eigenvalue weighted by Crippen LogP contribution is 2.35. The van der Waals surface area contributed by atoms with E-state index in [1.807, 2.05) is 6.92 Å². The van der Waals surface area contributed by atoms with Crippen LogP contribution < -0.4 is 15.4 Å². The van der Waals surface area contributed by atoms with Crippen molar-refractivity contribution in [2.75, 3.05) is 23.8 Å². The van der Waals surface area contributed by atoms with Crippen LogP contribution in [-0.4, -0.2) is 13.2 Å². The molecule has 0 unspecified atom stereocenters. The number of benzene rings is 1. The van der Waals surface area contributed by atoms with Crippen LogP contribution in [0.1, 0.15) is 17.4 Å². The lowest BCUT2D eigenvalue weighted by molar-refractivity contribution is 0.321. The fraction of sp³-hybridized carbons (Fsp3) is 0.333. The standard InChI is InChI=1S/C15H17FN2OS/c1-2-19-14-8-13(12(17)7-11(14)16)18-5-3-15-10(9-18)4-6-20-15/h4,6-8H,2-3,5,9,17H2,1H3. The molecule has 0 atom stereocenters. The summed E-state index contributed by atoms with van der Waals surface area (Å²) in [5, 5.41) is 2.12. The number of nitrogens with zero attached hydrogens (tertiary/aromatic N) is 1. The number of anilines is 2. The van der Waals surface area contributed by atoms with Gasteiger partial charge in [0.05, 0.1) is 18.0 Å². The van der Waals surface area contributed by atoms with Gasteiger partial charge in [0.1, 0.15) is 0 Å². The molecule has 1 aliphatic rings. The maximum Gasteiger partial charge on any atom is 0.167 e. The summed E-state index contributed by atoms with van der Waals surface area (Å²) in [5.74, 6) is -0.130. The minimum Gasteiger partial charge on any atom is -0.491 e. The Morgan fingerprint density at radius 2 is 2.30 bits per heavy atom. The van der Waals surface area contributed by atoms with Gasteiger partial charge in [-0.05, 0) is 30.4 Å². The molecule has 0 fully saturated rings. The van der Waals surface area contributed by atoms with Crippen molar-refractivity contribution in [2.45, 2.75) is 19.9 Å². The first-order valence-corrected chi connectivity index (χ1v) is 7.59. The Morgan fingerprint density at radius 3 is 3.10 bits per heavy atom. The highest BCUT2D eigenvalue weighted by molar-refractivity contribution is 7.10. The average molecular weight is 292 g/mol. The van der Waals surface area contributed by atoms with Gasteiger partial charge < -0.3 is 15.4 Å². The summed E-state index contributed by atoms with van der Waals surface area (Å²) in [5.41, 5.74) is 8.63. The molecule has 106 valence electrons. The van der Waals surface area contributed by atoms with Gasteiger partial charge in [-0.3, -0.25) is 0 Å². The number of fused-ring (bicyclic) bond motifs is 1. The second-order valence-corrected chi connectivity index (χ2v) is 5.82. The molecule has 3 rings (SSSR count). The van der Waals surface area contributed by atoms with Crippen LogP contribution in [0.25, 0.3) is 0 Å². The highest BCUT2D eigenvalue weighted by atomic mass is 32.1. The number of nitrogen functional groups attached to an aromatic ring is 1. The highest BCUT2D eigenvalue weighted by Gasteiger charge is 2.20. The average Bonchev–Trinajstić information content (AvgIpc) is 2.89. The maximum atomic E-state index is 13.8. The summed E-state index contributed by atoms with van der Waals surface area (Å²) < 4.78 is 19.1. The second-order valence-electron chi connectivity index (χ2n) is 4.82. The molecule has 1 aromatic carbocycles. The van der Waals surface area contributed by atoms with Gasteiger partial charge in [0.25, 0.3) is 0 Å². The molecule has 2 heterocycles. The molecular weight excluding hydrogens is 275 g/mol. The van der Waals surface area contributed by atoms with Crippen LogP contribution in [0.3, 0.4) is 0 Å². The fourth-order valence-corrected chi connectivity index (χ4v) is 3.44. The van der Waals surface area contributed by atoms with Crippen LogP contribution in [0.4, 0.5) is 15.8 Å². The monoisotopic (exact) mass is 292 g/mol. The Hall–Kier alpha value is -1.75. The molecule has 0 radical (unpaired) electrons. The summed E-state index contributed by atoms with van der Waals surface area (Å²) in [4.78, 5) is 3.62. The molecule has 2 N–H and O–H groups in total. The van der Waals surface area contributed by atoms with Crippen molar-refractivity contribution >= 4 is 22.7 Å². The van der Waals surface area contributed by atoms with Gasteiger partial charge in [0.2, 0.25) is 0 Å². The second kappa shape index (κ2) is 5.32. The predicted octanol–water partition coefficient (Wildman–Crippen LogP) is 3.43. The van der Waals surface area contributed by atoms with Crippen LogP contribution in [0, 0.1) is 5.82 Å². The third kappa shape index (κ3) is 2.33. The molecular formula is C15H17FN2OS. The number of thiophene rings is 1. The number of hydrogen-bond donors (Lipinski definition) is 1. The van der Waals surface area contributed by atoms with Gasteiger partial charge >= 0.3 is 0 Å². The molecule has 0 spiro atoms. The normalized spacial score (nSPS) is 14.2. The number of nitrogens with two attached hydrogens (primary N) is 1. The lowest BCUT2D eigenvalue weighted by atomic mass is 10.1. The lowest BCUT2D eigenvalue weighted by Crippen LogP contribution is -2.30. The third-order valence-corrected chi connectivity index (χ3v) is 4.55. The van der Waals surface area contributed by atoms with Gasteiger partial charge in [-0.1, -0.05) is 0 Å². The lowest BCUT2D eigenvalue weighted by Gasteiger charge is -2.30. The smallest absolute Gasteiger partial charge is 0.167 e. The van der Waals surface area contributed by atoms with Gasteiger partial charge in [0.15, 0.2) is 11.6 Å². The van der Waals surface area contributed by atoms with Crippen molar-refractivity contribution in [1.29, 1.82) is 0 Å². The SMILES string of the molecule is CCOc1cc(N2CCc3sccc3C2)c(N)cc1F. The maximum absolute atomic E-state index is 13.8. The molecule has 0 aliphatic carbocycles. The van der Waals surface area contributed by atoms with Crippen molar-refractivity contribution < 1.29 is 9.13 Å². The van der Waals surface area contributed by atoms with Crippen molar-refractivity contribution in [1.82, 2.24) is 0 Å². The topological polar surface area (TPSA) is 38.5 Å². The molecule has 3 nitrogen and oxygen atoms in total. The Labute approximate surface area is 121 Å². The first-order valence-electron chi connectivity index (χ1n) is 6.71. The van der Waals surface area contributed by atoms with E-state index < -0.39 is 5.82 Å². The van der Waals surface area contributed by atoms with Gasteiger partial charge in [-0.2, -0.15) is 0 Å². The van der Waals surface area contributed by atoms with Gasteiger partial charge in [-0.15, -0.1) is 11.3 Å². The van der Waals surface area contributed by atoms with E-state index in [1.165, 1.54) is 16.5 Å². The van der Waals surface area contributed by atoms with E-state index in [1.54, 1.807) is 17.4 Å². The fourth-order valence-electron chi connectivity index (χ4n) is 2.55. The third-order valence-electron chi connectivity index (χ3n) is 3.53. The van der Waals surface area contributed by atoms with E-state index >= 15 is 0 Å². The first kappa shape index (κ1) is 13.2. The zero-order valence-electron chi connectivity index (χ0n) is 11.4. The molecule has 0 saturated heterocycles. The molecule has 0 saturated carbocycles. The van der Waals surface area contributed by atoms with Crippen molar-refractivity contribution in [3.8, 4) is 5.75 Å². The summed E-state index contributed by atoms with van der Waals surface area (Å²) in [6.07, 6.45) is 1.01. The predicted molar refractivity (Wildman–Crippen MR) is 81.1 cm³/mol. The number of halogens is 1. The summed E-state index contributed by atoms with van der Waals surface area (Å²) >= 11 is 1.80. The van der Waals surface area contributed by atoms with E-state index in [4.69, 9.17) is 10.5 Å². The van der Waals surface area contributed by atoms with Gasteiger partial charge in [-0.25, -0.2) is 4.39 Å². The molecule has 20 heavy (non-hydrogen) atoms. The molecule has 1 aromatic heterocycles. The van der Waals surface area contributed by atoms with E-state index in [2.05, 4.69) is 16.3 Å².